The molecule has 0 aliphatic rings. The predicted molar refractivity (Wildman–Crippen MR) is 133 cm³/mol. The maximum Gasteiger partial charge on any atom is 0.490 e. The lowest BCUT2D eigenvalue weighted by molar-refractivity contribution is -0.193. The first kappa shape index (κ1) is 30.3. The van der Waals surface area contributed by atoms with Crippen LogP contribution >= 0.6 is 0 Å². The van der Waals surface area contributed by atoms with Crippen LogP contribution in [0.2, 0.25) is 0 Å². The zero-order valence-electron chi connectivity index (χ0n) is 20.7. The number of halogens is 6. The summed E-state index contributed by atoms with van der Waals surface area (Å²) >= 11 is 0. The van der Waals surface area contributed by atoms with Gasteiger partial charge in [0.1, 0.15) is 5.75 Å². The van der Waals surface area contributed by atoms with Crippen LogP contribution < -0.4 is 4.74 Å². The van der Waals surface area contributed by atoms with E-state index < -0.39 is 24.3 Å². The molecule has 0 spiro atoms. The lowest BCUT2D eigenvalue weighted by Crippen LogP contribution is -2.21. The summed E-state index contributed by atoms with van der Waals surface area (Å²) < 4.78 is 70.5. The second-order valence-electron chi connectivity index (χ2n) is 7.91. The van der Waals surface area contributed by atoms with Crippen molar-refractivity contribution >= 4 is 28.4 Å². The van der Waals surface area contributed by atoms with Gasteiger partial charge in [-0.25, -0.2) is 19.1 Å². The van der Waals surface area contributed by atoms with Crippen molar-refractivity contribution < 1.29 is 50.9 Å². The van der Waals surface area contributed by atoms with Gasteiger partial charge in [-0.3, -0.25) is 4.98 Å². The van der Waals surface area contributed by atoms with Crippen molar-refractivity contribution in [2.45, 2.75) is 12.4 Å². The molecule has 5 aromatic rings. The van der Waals surface area contributed by atoms with Gasteiger partial charge in [-0.15, -0.1) is 0 Å². The number of pyridine rings is 1. The number of methoxy groups -OCH3 is 1. The van der Waals surface area contributed by atoms with E-state index >= 15 is 0 Å². The molecule has 5 rings (SSSR count). The van der Waals surface area contributed by atoms with E-state index in [1.165, 1.54) is 0 Å². The average molecular weight is 580 g/mol. The molecule has 0 atom stereocenters. The maximum absolute atomic E-state index is 10.6. The van der Waals surface area contributed by atoms with E-state index in [0.717, 1.165) is 44.4 Å². The van der Waals surface area contributed by atoms with Crippen LogP contribution in [0.25, 0.3) is 38.7 Å². The lowest BCUT2D eigenvalue weighted by Gasteiger charge is -2.06. The third-order valence-corrected chi connectivity index (χ3v) is 5.22. The Balaban J connectivity index is 0.000000276. The van der Waals surface area contributed by atoms with Crippen molar-refractivity contribution in [2.75, 3.05) is 7.11 Å². The molecule has 2 aromatic carbocycles. The van der Waals surface area contributed by atoms with Gasteiger partial charge in [0.15, 0.2) is 5.65 Å². The number of carboxylic acid groups (broad SMARTS) is 2. The van der Waals surface area contributed by atoms with Gasteiger partial charge in [-0.05, 0) is 23.1 Å². The Hall–Kier alpha value is -5.21. The Morgan fingerprint density at radius 1 is 0.780 bits per heavy atom. The zero-order valence-corrected chi connectivity index (χ0v) is 20.7. The molecule has 0 saturated carbocycles. The summed E-state index contributed by atoms with van der Waals surface area (Å²) in [4.78, 5) is 26.9. The topological polar surface area (TPSA) is 127 Å². The SMILES string of the molecule is COc1ccc(-c2cnc3c(-c4cncc5ccccc45)cnn3c2)cc1.O=C(O)C(F)(F)F.O=C(O)C(F)(F)F. The van der Waals surface area contributed by atoms with Crippen LogP contribution in [0.15, 0.2) is 79.5 Å². The summed E-state index contributed by atoms with van der Waals surface area (Å²) in [6.45, 7) is 0. The highest BCUT2D eigenvalue weighted by atomic mass is 19.4. The third-order valence-electron chi connectivity index (χ3n) is 5.22. The van der Waals surface area contributed by atoms with Gasteiger partial charge in [0, 0.05) is 46.9 Å². The van der Waals surface area contributed by atoms with Gasteiger partial charge in [0.05, 0.1) is 13.3 Å². The first-order valence-electron chi connectivity index (χ1n) is 11.1. The highest BCUT2D eigenvalue weighted by Crippen LogP contribution is 2.31. The molecule has 214 valence electrons. The summed E-state index contributed by atoms with van der Waals surface area (Å²) in [6, 6.07) is 16.1. The summed E-state index contributed by atoms with van der Waals surface area (Å²) in [7, 11) is 1.66. The van der Waals surface area contributed by atoms with Crippen LogP contribution in [0.4, 0.5) is 26.3 Å². The Labute approximate surface area is 226 Å². The molecule has 9 nitrogen and oxygen atoms in total. The number of rotatable bonds is 3. The van der Waals surface area contributed by atoms with Crippen molar-refractivity contribution in [3.63, 3.8) is 0 Å². The van der Waals surface area contributed by atoms with Crippen LogP contribution in [-0.2, 0) is 9.59 Å². The number of aromatic nitrogens is 4. The number of alkyl halides is 6. The minimum Gasteiger partial charge on any atom is -0.497 e. The molecule has 3 aromatic heterocycles. The number of aliphatic carboxylic acids is 2. The minimum absolute atomic E-state index is 0.811. The predicted octanol–water partition coefficient (Wildman–Crippen LogP) is 5.89. The second kappa shape index (κ2) is 12.3. The highest BCUT2D eigenvalue weighted by Gasteiger charge is 2.38. The van der Waals surface area contributed by atoms with Crippen LogP contribution in [0.1, 0.15) is 0 Å². The molecular weight excluding hydrogens is 562 g/mol. The van der Waals surface area contributed by atoms with E-state index in [-0.39, 0.29) is 0 Å². The molecule has 0 saturated heterocycles. The minimum atomic E-state index is -5.08. The number of ether oxygens (including phenoxy) is 1. The monoisotopic (exact) mass is 580 g/mol. The molecule has 3 heterocycles. The fourth-order valence-corrected chi connectivity index (χ4v) is 3.33. The first-order chi connectivity index (χ1) is 19.2. The van der Waals surface area contributed by atoms with Gasteiger partial charge in [-0.1, -0.05) is 36.4 Å². The Kier molecular flexibility index (Phi) is 9.11. The number of hydrogen-bond acceptors (Lipinski definition) is 6. The van der Waals surface area contributed by atoms with Crippen molar-refractivity contribution in [1.29, 1.82) is 0 Å². The number of hydrogen-bond donors (Lipinski definition) is 2. The van der Waals surface area contributed by atoms with E-state index in [4.69, 9.17) is 24.5 Å². The van der Waals surface area contributed by atoms with Crippen LogP contribution in [0.3, 0.4) is 0 Å². The Morgan fingerprint density at radius 3 is 1.93 bits per heavy atom. The fourth-order valence-electron chi connectivity index (χ4n) is 3.33. The van der Waals surface area contributed by atoms with Crippen molar-refractivity contribution in [3.8, 4) is 28.0 Å². The number of nitrogens with zero attached hydrogens (tertiary/aromatic N) is 4. The van der Waals surface area contributed by atoms with Crippen molar-refractivity contribution in [2.24, 2.45) is 0 Å². The molecule has 15 heteroatoms. The Bertz CT molecular complexity index is 1640. The third kappa shape index (κ3) is 7.68. The smallest absolute Gasteiger partial charge is 0.490 e. The average Bonchev–Trinajstić information content (AvgIpc) is 3.35. The molecule has 0 aliphatic carbocycles. The lowest BCUT2D eigenvalue weighted by atomic mass is 10.0. The largest absolute Gasteiger partial charge is 0.497 e. The number of carbonyl (C=O) groups is 2. The van der Waals surface area contributed by atoms with Crippen molar-refractivity contribution in [3.05, 3.63) is 79.5 Å². The van der Waals surface area contributed by atoms with Crippen LogP contribution in [-0.4, -0.2) is 61.2 Å². The quantitative estimate of drug-likeness (QED) is 0.253. The molecule has 2 N–H and O–H groups in total. The number of carboxylic acids is 2. The van der Waals surface area contributed by atoms with Gasteiger partial charge in [0.2, 0.25) is 0 Å². The normalized spacial score (nSPS) is 11.2. The molecule has 0 unspecified atom stereocenters. The Morgan fingerprint density at radius 2 is 1.37 bits per heavy atom. The fraction of sp³-hybridized carbons (Fsp3) is 0.115. The van der Waals surface area contributed by atoms with Gasteiger partial charge in [-0.2, -0.15) is 31.4 Å². The molecular formula is C26H18F6N4O5. The zero-order chi connectivity index (χ0) is 30.4. The molecule has 0 radical (unpaired) electrons. The molecule has 0 amide bonds. The molecule has 41 heavy (non-hydrogen) atoms. The first-order valence-corrected chi connectivity index (χ1v) is 11.1. The van der Waals surface area contributed by atoms with Gasteiger partial charge in [0.25, 0.3) is 0 Å². The van der Waals surface area contributed by atoms with E-state index in [0.29, 0.717) is 0 Å². The highest BCUT2D eigenvalue weighted by molar-refractivity contribution is 5.98. The molecule has 0 aliphatic heterocycles. The van der Waals surface area contributed by atoms with Crippen molar-refractivity contribution in [1.82, 2.24) is 19.6 Å². The second-order valence-corrected chi connectivity index (χ2v) is 7.91. The van der Waals surface area contributed by atoms with E-state index in [1.54, 1.807) is 7.11 Å². The van der Waals surface area contributed by atoms with E-state index in [9.17, 15) is 26.3 Å². The summed E-state index contributed by atoms with van der Waals surface area (Å²) in [5.41, 5.74) is 4.88. The molecule has 0 fully saturated rings. The van der Waals surface area contributed by atoms with Gasteiger partial charge < -0.3 is 14.9 Å². The van der Waals surface area contributed by atoms with Crippen LogP contribution in [0.5, 0.6) is 5.75 Å². The van der Waals surface area contributed by atoms with E-state index in [1.807, 2.05) is 71.9 Å². The summed E-state index contributed by atoms with van der Waals surface area (Å²) in [5, 5.41) is 21.0. The number of fused-ring (bicyclic) bond motifs is 2. The maximum atomic E-state index is 10.6. The number of benzene rings is 2. The summed E-state index contributed by atoms with van der Waals surface area (Å²) in [6.07, 6.45) is -0.700. The van der Waals surface area contributed by atoms with E-state index in [2.05, 4.69) is 27.2 Å². The standard InChI is InChI=1S/C22H16N4O.2C2HF3O2/c1-27-18-8-6-15(7-9-18)17-11-24-22-21(13-25-26(22)14-17)20-12-23-10-16-4-2-3-5-19(16)20;2*3-2(4,5)1(6)7/h2-14H,1H3;2*(H,6,7). The van der Waals surface area contributed by atoms with Gasteiger partial charge >= 0.3 is 24.3 Å². The molecule has 0 bridgehead atoms. The van der Waals surface area contributed by atoms with Crippen LogP contribution in [0, 0.1) is 0 Å². The summed E-state index contributed by atoms with van der Waals surface area (Å²) in [5.74, 6) is -4.68.